The van der Waals surface area contributed by atoms with Crippen molar-refractivity contribution in [2.45, 2.75) is 31.7 Å². The number of likely N-dealkylation sites (tertiary alicyclic amines) is 1. The van der Waals surface area contributed by atoms with E-state index < -0.39 is 25.0 Å². The van der Waals surface area contributed by atoms with Gasteiger partial charge in [0.05, 0.1) is 6.61 Å². The third-order valence-corrected chi connectivity index (χ3v) is 4.01. The number of amides is 1. The van der Waals surface area contributed by atoms with E-state index >= 15 is 0 Å². The number of alkyl halides is 1. The summed E-state index contributed by atoms with van der Waals surface area (Å²) in [6, 6.07) is 9.41. The molecule has 1 aliphatic heterocycles. The third-order valence-electron chi connectivity index (χ3n) is 4.01. The number of benzene rings is 1. The molecule has 6 heteroatoms. The number of nitrogens with zero attached hydrogens (tertiary/aromatic N) is 1. The minimum Gasteiger partial charge on any atom is -0.445 e. The van der Waals surface area contributed by atoms with E-state index in [1.54, 1.807) is 4.90 Å². The summed E-state index contributed by atoms with van der Waals surface area (Å²) in [5.41, 5.74) is 0.917. The minimum atomic E-state index is -1.45. The summed E-state index contributed by atoms with van der Waals surface area (Å²) >= 11 is 0. The lowest BCUT2D eigenvalue weighted by atomic mass is 9.90. The molecule has 1 amide bonds. The zero-order chi connectivity index (χ0) is 15.9. The first-order valence-corrected chi connectivity index (χ1v) is 7.50. The fraction of sp³-hybridized carbons (Fsp3) is 0.562. The van der Waals surface area contributed by atoms with Gasteiger partial charge >= 0.3 is 6.09 Å². The van der Waals surface area contributed by atoms with Gasteiger partial charge < -0.3 is 19.8 Å². The molecule has 2 atom stereocenters. The molecule has 2 rings (SSSR count). The molecule has 1 aromatic carbocycles. The first-order valence-electron chi connectivity index (χ1n) is 7.50. The first-order chi connectivity index (χ1) is 10.6. The maximum Gasteiger partial charge on any atom is 0.410 e. The molecule has 2 N–H and O–H groups in total. The highest BCUT2D eigenvalue weighted by Gasteiger charge is 2.32. The number of carbonyl (C=O) groups excluding carboxylic acids is 1. The van der Waals surface area contributed by atoms with E-state index in [0.717, 1.165) is 5.56 Å². The van der Waals surface area contributed by atoms with Gasteiger partial charge in [-0.05, 0) is 24.3 Å². The van der Waals surface area contributed by atoms with Gasteiger partial charge in [0.1, 0.15) is 18.9 Å². The van der Waals surface area contributed by atoms with Crippen LogP contribution in [0.25, 0.3) is 0 Å². The van der Waals surface area contributed by atoms with Gasteiger partial charge in [0.15, 0.2) is 0 Å². The summed E-state index contributed by atoms with van der Waals surface area (Å²) in [5, 5.41) is 18.1. The number of piperidine rings is 1. The van der Waals surface area contributed by atoms with Crippen molar-refractivity contribution in [2.24, 2.45) is 5.92 Å². The van der Waals surface area contributed by atoms with Crippen molar-refractivity contribution in [3.05, 3.63) is 35.9 Å². The quantitative estimate of drug-likeness (QED) is 0.869. The van der Waals surface area contributed by atoms with E-state index in [1.165, 1.54) is 0 Å². The number of hydrogen-bond donors (Lipinski definition) is 2. The van der Waals surface area contributed by atoms with Crippen molar-refractivity contribution in [1.29, 1.82) is 0 Å². The highest BCUT2D eigenvalue weighted by molar-refractivity contribution is 5.67. The average molecular weight is 311 g/mol. The van der Waals surface area contributed by atoms with Gasteiger partial charge in [0, 0.05) is 13.1 Å². The SMILES string of the molecule is O=C(OCc1ccccc1)N1CCC([C@@H](F)[C@@H](O)CO)CC1. The fourth-order valence-corrected chi connectivity index (χ4v) is 2.63. The number of carbonyl (C=O) groups is 1. The maximum atomic E-state index is 13.8. The van der Waals surface area contributed by atoms with E-state index in [-0.39, 0.29) is 12.5 Å². The van der Waals surface area contributed by atoms with Crippen LogP contribution in [0.1, 0.15) is 18.4 Å². The monoisotopic (exact) mass is 311 g/mol. The predicted molar refractivity (Wildman–Crippen MR) is 78.9 cm³/mol. The lowest BCUT2D eigenvalue weighted by Gasteiger charge is -2.33. The molecule has 1 aliphatic rings. The van der Waals surface area contributed by atoms with Crippen LogP contribution in [0.15, 0.2) is 30.3 Å². The van der Waals surface area contributed by atoms with Gasteiger partial charge in [-0.3, -0.25) is 0 Å². The molecule has 0 aliphatic carbocycles. The van der Waals surface area contributed by atoms with Crippen LogP contribution < -0.4 is 0 Å². The van der Waals surface area contributed by atoms with Crippen LogP contribution in [0.4, 0.5) is 9.18 Å². The first kappa shape index (κ1) is 16.7. The number of rotatable bonds is 5. The number of hydrogen-bond acceptors (Lipinski definition) is 4. The van der Waals surface area contributed by atoms with Crippen molar-refractivity contribution < 1.29 is 24.1 Å². The van der Waals surface area contributed by atoms with Crippen LogP contribution in [0.3, 0.4) is 0 Å². The van der Waals surface area contributed by atoms with Crippen molar-refractivity contribution in [2.75, 3.05) is 19.7 Å². The lowest BCUT2D eigenvalue weighted by Crippen LogP contribution is -2.43. The van der Waals surface area contributed by atoms with Gasteiger partial charge in [-0.25, -0.2) is 9.18 Å². The molecule has 0 bridgehead atoms. The molecule has 22 heavy (non-hydrogen) atoms. The zero-order valence-electron chi connectivity index (χ0n) is 12.4. The van der Waals surface area contributed by atoms with Crippen LogP contribution in [0, 0.1) is 5.92 Å². The van der Waals surface area contributed by atoms with Crippen molar-refractivity contribution in [1.82, 2.24) is 4.90 Å². The van der Waals surface area contributed by atoms with Gasteiger partial charge in [-0.1, -0.05) is 30.3 Å². The molecule has 1 fully saturated rings. The smallest absolute Gasteiger partial charge is 0.410 e. The summed E-state index contributed by atoms with van der Waals surface area (Å²) < 4.78 is 19.1. The molecule has 1 saturated heterocycles. The van der Waals surface area contributed by atoms with E-state index in [0.29, 0.717) is 25.9 Å². The van der Waals surface area contributed by atoms with Gasteiger partial charge in [-0.15, -0.1) is 0 Å². The van der Waals surface area contributed by atoms with E-state index in [9.17, 15) is 14.3 Å². The molecule has 1 heterocycles. The summed E-state index contributed by atoms with van der Waals surface area (Å²) in [7, 11) is 0. The molecule has 0 unspecified atom stereocenters. The van der Waals surface area contributed by atoms with Crippen molar-refractivity contribution in [3.63, 3.8) is 0 Å². The van der Waals surface area contributed by atoms with E-state index in [4.69, 9.17) is 9.84 Å². The highest BCUT2D eigenvalue weighted by atomic mass is 19.1. The number of aliphatic hydroxyl groups is 2. The van der Waals surface area contributed by atoms with Crippen LogP contribution in [0.2, 0.25) is 0 Å². The number of halogens is 1. The second-order valence-corrected chi connectivity index (χ2v) is 5.56. The zero-order valence-corrected chi connectivity index (χ0v) is 12.4. The molecule has 0 spiro atoms. The van der Waals surface area contributed by atoms with E-state index in [1.807, 2.05) is 30.3 Å². The Morgan fingerprint density at radius 1 is 1.32 bits per heavy atom. The Hall–Kier alpha value is -1.66. The number of ether oxygens (including phenoxy) is 1. The molecule has 0 saturated carbocycles. The standard InChI is InChI=1S/C16H22FNO4/c17-15(14(20)10-19)13-6-8-18(9-7-13)16(21)22-11-12-4-2-1-3-5-12/h1-5,13-15,19-20H,6-11H2/t14-,15+/m0/s1. The number of aliphatic hydroxyl groups excluding tert-OH is 2. The van der Waals surface area contributed by atoms with Crippen molar-refractivity contribution >= 4 is 6.09 Å². The Labute approximate surface area is 129 Å². The summed E-state index contributed by atoms with van der Waals surface area (Å²) in [6.45, 7) is 0.433. The van der Waals surface area contributed by atoms with E-state index in [2.05, 4.69) is 0 Å². The van der Waals surface area contributed by atoms with Crippen LogP contribution in [-0.4, -0.2) is 53.2 Å². The van der Waals surface area contributed by atoms with Crippen LogP contribution in [0.5, 0.6) is 0 Å². The topological polar surface area (TPSA) is 70.0 Å². The maximum absolute atomic E-state index is 13.8. The summed E-state index contributed by atoms with van der Waals surface area (Å²) in [4.78, 5) is 13.5. The largest absolute Gasteiger partial charge is 0.445 e. The molecule has 0 radical (unpaired) electrons. The summed E-state index contributed by atoms with van der Waals surface area (Å²) in [5.74, 6) is -0.333. The lowest BCUT2D eigenvalue weighted by molar-refractivity contribution is -0.0127. The molecule has 5 nitrogen and oxygen atoms in total. The Morgan fingerprint density at radius 2 is 1.95 bits per heavy atom. The Morgan fingerprint density at radius 3 is 2.55 bits per heavy atom. The normalized spacial score (nSPS) is 18.8. The van der Waals surface area contributed by atoms with Crippen LogP contribution in [-0.2, 0) is 11.3 Å². The Kier molecular flexibility index (Phi) is 6.15. The van der Waals surface area contributed by atoms with Gasteiger partial charge in [0.2, 0.25) is 0 Å². The Balaban J connectivity index is 1.75. The summed E-state index contributed by atoms with van der Waals surface area (Å²) in [6.07, 6.45) is -2.29. The molecular weight excluding hydrogens is 289 g/mol. The molecule has 0 aromatic heterocycles. The van der Waals surface area contributed by atoms with Gasteiger partial charge in [-0.2, -0.15) is 0 Å². The second kappa shape index (κ2) is 8.10. The minimum absolute atomic E-state index is 0.217. The van der Waals surface area contributed by atoms with Gasteiger partial charge in [0.25, 0.3) is 0 Å². The Bertz CT molecular complexity index is 462. The van der Waals surface area contributed by atoms with Crippen LogP contribution >= 0.6 is 0 Å². The average Bonchev–Trinajstić information content (AvgIpc) is 2.59. The second-order valence-electron chi connectivity index (χ2n) is 5.56. The fourth-order valence-electron chi connectivity index (χ4n) is 2.63. The molecule has 122 valence electrons. The third kappa shape index (κ3) is 4.42. The van der Waals surface area contributed by atoms with Crippen molar-refractivity contribution in [3.8, 4) is 0 Å². The molecule has 1 aromatic rings. The predicted octanol–water partition coefficient (Wildman–Crippen LogP) is 1.73. The molecular formula is C16H22FNO4. The highest BCUT2D eigenvalue weighted by Crippen LogP contribution is 2.25.